The Kier molecular flexibility index (Phi) is 8.03. The Morgan fingerprint density at radius 1 is 1.15 bits per heavy atom. The topological polar surface area (TPSA) is 56.8 Å². The van der Waals surface area contributed by atoms with Crippen LogP contribution in [0.2, 0.25) is 0 Å². The van der Waals surface area contributed by atoms with E-state index in [-0.39, 0.29) is 6.61 Å². The van der Waals surface area contributed by atoms with Crippen LogP contribution >= 0.6 is 22.6 Å². The molecule has 0 fully saturated rings. The maximum Gasteiger partial charge on any atom is 0.412 e. The van der Waals surface area contributed by atoms with Gasteiger partial charge in [-0.05, 0) is 70.8 Å². The van der Waals surface area contributed by atoms with E-state index in [1.807, 2.05) is 42.5 Å². The predicted octanol–water partition coefficient (Wildman–Crippen LogP) is 5.47. The first-order valence-electron chi connectivity index (χ1n) is 8.47. The molecule has 0 radical (unpaired) electrons. The molecule has 0 atom stereocenters. The number of ether oxygens (including phenoxy) is 3. The minimum absolute atomic E-state index is 0.184. The number of nitrogens with one attached hydrogen (secondary N) is 1. The minimum Gasteiger partial charge on any atom is -0.497 e. The summed E-state index contributed by atoms with van der Waals surface area (Å²) in [5, 5.41) is 2.77. The van der Waals surface area contributed by atoms with Crippen molar-refractivity contribution in [2.24, 2.45) is 5.92 Å². The highest BCUT2D eigenvalue weighted by molar-refractivity contribution is 14.1. The molecule has 2 rings (SSSR count). The molecule has 0 aliphatic carbocycles. The summed E-state index contributed by atoms with van der Waals surface area (Å²) in [7, 11) is 1.61. The summed E-state index contributed by atoms with van der Waals surface area (Å²) in [6, 6.07) is 13.0. The van der Waals surface area contributed by atoms with Gasteiger partial charge < -0.3 is 14.2 Å². The second-order valence-electron chi connectivity index (χ2n) is 6.22. The van der Waals surface area contributed by atoms with Crippen LogP contribution in [0, 0.1) is 9.49 Å². The van der Waals surface area contributed by atoms with Gasteiger partial charge in [-0.15, -0.1) is 0 Å². The highest BCUT2D eigenvalue weighted by Crippen LogP contribution is 2.27. The van der Waals surface area contributed by atoms with Crippen LogP contribution in [0.1, 0.15) is 25.8 Å². The van der Waals surface area contributed by atoms with E-state index in [0.29, 0.717) is 24.0 Å². The van der Waals surface area contributed by atoms with E-state index < -0.39 is 6.09 Å². The molecule has 1 amide bonds. The molecule has 140 valence electrons. The molecule has 2 aromatic rings. The van der Waals surface area contributed by atoms with Gasteiger partial charge >= 0.3 is 6.09 Å². The maximum atomic E-state index is 12.1. The van der Waals surface area contributed by atoms with Gasteiger partial charge in [0, 0.05) is 3.57 Å². The largest absolute Gasteiger partial charge is 0.497 e. The number of carbonyl (C=O) groups is 1. The second-order valence-corrected chi connectivity index (χ2v) is 7.47. The summed E-state index contributed by atoms with van der Waals surface area (Å²) in [4.78, 5) is 12.1. The van der Waals surface area contributed by atoms with Gasteiger partial charge in [0.15, 0.2) is 0 Å². The molecule has 1 N–H and O–H groups in total. The molecule has 0 saturated carbocycles. The Bertz CT molecular complexity index is 716. The van der Waals surface area contributed by atoms with Gasteiger partial charge in [-0.3, -0.25) is 5.32 Å². The minimum atomic E-state index is -0.517. The van der Waals surface area contributed by atoms with Gasteiger partial charge in [-0.2, -0.15) is 0 Å². The monoisotopic (exact) mass is 469 g/mol. The SMILES string of the molecule is COc1ccc(COC(=O)Nc2cc(I)ccc2OCCC(C)C)cc1. The third-order valence-electron chi connectivity index (χ3n) is 3.66. The third-order valence-corrected chi connectivity index (χ3v) is 4.33. The highest BCUT2D eigenvalue weighted by Gasteiger charge is 2.10. The van der Waals surface area contributed by atoms with Crippen LogP contribution in [0.5, 0.6) is 11.5 Å². The second kappa shape index (κ2) is 10.3. The molecule has 0 aliphatic rings. The molecule has 2 aromatic carbocycles. The average molecular weight is 469 g/mol. The summed E-state index contributed by atoms with van der Waals surface area (Å²) in [6.07, 6.45) is 0.435. The highest BCUT2D eigenvalue weighted by atomic mass is 127. The molecular formula is C20H24INO4. The van der Waals surface area contributed by atoms with Crippen LogP contribution in [0.25, 0.3) is 0 Å². The molecule has 0 aliphatic heterocycles. The van der Waals surface area contributed by atoms with Crippen molar-refractivity contribution in [3.8, 4) is 11.5 Å². The Hall–Kier alpha value is -1.96. The van der Waals surface area contributed by atoms with Crippen molar-refractivity contribution in [2.75, 3.05) is 19.0 Å². The van der Waals surface area contributed by atoms with Crippen molar-refractivity contribution in [1.29, 1.82) is 0 Å². The van der Waals surface area contributed by atoms with Crippen LogP contribution in [0.3, 0.4) is 0 Å². The van der Waals surface area contributed by atoms with E-state index in [0.717, 1.165) is 21.3 Å². The number of benzene rings is 2. The molecule has 0 unspecified atom stereocenters. The van der Waals surface area contributed by atoms with E-state index in [1.165, 1.54) is 0 Å². The van der Waals surface area contributed by atoms with Crippen LogP contribution in [-0.2, 0) is 11.3 Å². The lowest BCUT2D eigenvalue weighted by Crippen LogP contribution is -2.15. The Morgan fingerprint density at radius 2 is 1.88 bits per heavy atom. The molecule has 0 spiro atoms. The van der Waals surface area contributed by atoms with Gasteiger partial charge in [-0.1, -0.05) is 26.0 Å². The predicted molar refractivity (Wildman–Crippen MR) is 111 cm³/mol. The molecule has 0 saturated heterocycles. The maximum absolute atomic E-state index is 12.1. The third kappa shape index (κ3) is 6.74. The molecular weight excluding hydrogens is 445 g/mol. The fraction of sp³-hybridized carbons (Fsp3) is 0.350. The first-order valence-corrected chi connectivity index (χ1v) is 9.55. The lowest BCUT2D eigenvalue weighted by molar-refractivity contribution is 0.155. The number of anilines is 1. The molecule has 6 heteroatoms. The summed E-state index contributed by atoms with van der Waals surface area (Å²) < 4.78 is 17.2. The zero-order valence-corrected chi connectivity index (χ0v) is 17.4. The van der Waals surface area contributed by atoms with E-state index in [4.69, 9.17) is 14.2 Å². The van der Waals surface area contributed by atoms with Gasteiger partial charge in [0.05, 0.1) is 19.4 Å². The molecule has 26 heavy (non-hydrogen) atoms. The molecule has 5 nitrogen and oxygen atoms in total. The number of amides is 1. The van der Waals surface area contributed by atoms with E-state index in [9.17, 15) is 4.79 Å². The van der Waals surface area contributed by atoms with Crippen molar-refractivity contribution in [1.82, 2.24) is 0 Å². The van der Waals surface area contributed by atoms with E-state index in [2.05, 4.69) is 41.8 Å². The fourth-order valence-electron chi connectivity index (χ4n) is 2.15. The van der Waals surface area contributed by atoms with Crippen LogP contribution in [0.15, 0.2) is 42.5 Å². The van der Waals surface area contributed by atoms with Gasteiger partial charge in [0.2, 0.25) is 0 Å². The number of hydrogen-bond donors (Lipinski definition) is 1. The zero-order chi connectivity index (χ0) is 18.9. The summed E-state index contributed by atoms with van der Waals surface area (Å²) >= 11 is 2.19. The van der Waals surface area contributed by atoms with Crippen molar-refractivity contribution in [3.05, 3.63) is 51.6 Å². The summed E-state index contributed by atoms with van der Waals surface area (Å²) in [5.41, 5.74) is 1.50. The number of carbonyl (C=O) groups excluding carboxylic acids is 1. The first-order chi connectivity index (χ1) is 12.5. The lowest BCUT2D eigenvalue weighted by atomic mass is 10.1. The van der Waals surface area contributed by atoms with Gasteiger partial charge in [0.1, 0.15) is 18.1 Å². The van der Waals surface area contributed by atoms with Crippen LogP contribution in [-0.4, -0.2) is 19.8 Å². The summed E-state index contributed by atoms with van der Waals surface area (Å²) in [6.45, 7) is 5.08. The van der Waals surface area contributed by atoms with E-state index >= 15 is 0 Å². The molecule has 0 bridgehead atoms. The van der Waals surface area contributed by atoms with Crippen LogP contribution in [0.4, 0.5) is 10.5 Å². The molecule has 0 heterocycles. The smallest absolute Gasteiger partial charge is 0.412 e. The van der Waals surface area contributed by atoms with Crippen molar-refractivity contribution in [3.63, 3.8) is 0 Å². The van der Waals surface area contributed by atoms with Gasteiger partial charge in [0.25, 0.3) is 0 Å². The number of halogens is 1. The fourth-order valence-corrected chi connectivity index (χ4v) is 2.64. The van der Waals surface area contributed by atoms with E-state index in [1.54, 1.807) is 7.11 Å². The van der Waals surface area contributed by atoms with Gasteiger partial charge in [-0.25, -0.2) is 4.79 Å². The Labute approximate surface area is 168 Å². The standard InChI is InChI=1S/C20H24INO4/c1-14(2)10-11-25-19-9-6-16(21)12-18(19)22-20(23)26-13-15-4-7-17(24-3)8-5-15/h4-9,12,14H,10-11,13H2,1-3H3,(H,22,23). The number of rotatable bonds is 8. The van der Waals surface area contributed by atoms with Crippen molar-refractivity contribution in [2.45, 2.75) is 26.9 Å². The number of hydrogen-bond acceptors (Lipinski definition) is 4. The Balaban J connectivity index is 1.93. The number of methoxy groups -OCH3 is 1. The first kappa shape index (κ1) is 20.4. The van der Waals surface area contributed by atoms with Crippen molar-refractivity contribution < 1.29 is 19.0 Å². The summed E-state index contributed by atoms with van der Waals surface area (Å²) in [5.74, 6) is 1.97. The molecule has 0 aromatic heterocycles. The average Bonchev–Trinajstić information content (AvgIpc) is 2.62. The van der Waals surface area contributed by atoms with Crippen molar-refractivity contribution >= 4 is 34.4 Å². The van der Waals surface area contributed by atoms with Crippen LogP contribution < -0.4 is 14.8 Å². The Morgan fingerprint density at radius 3 is 2.54 bits per heavy atom. The quantitative estimate of drug-likeness (QED) is 0.521. The zero-order valence-electron chi connectivity index (χ0n) is 15.3. The lowest BCUT2D eigenvalue weighted by Gasteiger charge is -2.14. The normalized spacial score (nSPS) is 10.5.